The zero-order valence-corrected chi connectivity index (χ0v) is 12.7. The van der Waals surface area contributed by atoms with Crippen LogP contribution in [-0.2, 0) is 0 Å². The lowest BCUT2D eigenvalue weighted by atomic mass is 9.96. The van der Waals surface area contributed by atoms with Crippen LogP contribution in [0.4, 0.5) is 5.69 Å². The standard InChI is InChI=1S/C16H25N3O3/c20-11-13(21)10-17-16(18-12-6-2-1-3-7-12)19-14-8-4-5-9-15(14)22/h4-5,8-9,12-13,20-22H,1-3,6-7,10-11H2,(H2,17,18,19). The van der Waals surface area contributed by atoms with Crippen molar-refractivity contribution in [2.75, 3.05) is 18.5 Å². The van der Waals surface area contributed by atoms with E-state index in [1.54, 1.807) is 18.2 Å². The minimum atomic E-state index is -0.880. The summed E-state index contributed by atoms with van der Waals surface area (Å²) in [6, 6.07) is 7.28. The maximum absolute atomic E-state index is 9.85. The Balaban J connectivity index is 2.04. The van der Waals surface area contributed by atoms with E-state index in [1.807, 2.05) is 6.07 Å². The van der Waals surface area contributed by atoms with E-state index in [0.29, 0.717) is 17.7 Å². The van der Waals surface area contributed by atoms with E-state index in [9.17, 15) is 10.2 Å². The molecule has 1 aromatic rings. The molecule has 0 bridgehead atoms. The van der Waals surface area contributed by atoms with Crippen LogP contribution in [0.5, 0.6) is 5.75 Å². The van der Waals surface area contributed by atoms with Crippen LogP contribution in [0.1, 0.15) is 32.1 Å². The van der Waals surface area contributed by atoms with Crippen LogP contribution < -0.4 is 10.6 Å². The number of aromatic hydroxyl groups is 1. The predicted octanol–water partition coefficient (Wildman–Crippen LogP) is 1.44. The minimum absolute atomic E-state index is 0.103. The number of aliphatic hydroxyl groups excluding tert-OH is 2. The Morgan fingerprint density at radius 2 is 1.95 bits per heavy atom. The molecule has 1 aliphatic carbocycles. The molecule has 1 unspecified atom stereocenters. The minimum Gasteiger partial charge on any atom is -0.506 e. The van der Waals surface area contributed by atoms with Gasteiger partial charge in [0.1, 0.15) is 5.75 Å². The first-order valence-electron chi connectivity index (χ1n) is 7.84. The summed E-state index contributed by atoms with van der Waals surface area (Å²) < 4.78 is 0. The third-order valence-corrected chi connectivity index (χ3v) is 3.77. The number of phenols is 1. The summed E-state index contributed by atoms with van der Waals surface area (Å²) in [6.45, 7) is -0.219. The van der Waals surface area contributed by atoms with Crippen LogP contribution in [0.3, 0.4) is 0 Å². The Morgan fingerprint density at radius 1 is 1.23 bits per heavy atom. The van der Waals surface area contributed by atoms with Crippen LogP contribution >= 0.6 is 0 Å². The quantitative estimate of drug-likeness (QED) is 0.322. The first-order chi connectivity index (χ1) is 10.7. The molecule has 6 nitrogen and oxygen atoms in total. The van der Waals surface area contributed by atoms with Crippen LogP contribution in [0.2, 0.25) is 0 Å². The van der Waals surface area contributed by atoms with Crippen LogP contribution in [0.25, 0.3) is 0 Å². The van der Waals surface area contributed by atoms with Gasteiger partial charge in [0.2, 0.25) is 0 Å². The number of aliphatic hydroxyl groups is 2. The molecule has 1 aromatic carbocycles. The van der Waals surface area contributed by atoms with Crippen LogP contribution in [-0.4, -0.2) is 46.6 Å². The number of anilines is 1. The highest BCUT2D eigenvalue weighted by Crippen LogP contribution is 2.22. The topological polar surface area (TPSA) is 97.1 Å². The molecule has 0 aromatic heterocycles. The fraction of sp³-hybridized carbons (Fsp3) is 0.562. The Bertz CT molecular complexity index is 487. The fourth-order valence-electron chi connectivity index (χ4n) is 2.52. The first-order valence-corrected chi connectivity index (χ1v) is 7.84. The second-order valence-electron chi connectivity index (χ2n) is 5.65. The lowest BCUT2D eigenvalue weighted by Crippen LogP contribution is -2.41. The van der Waals surface area contributed by atoms with Gasteiger partial charge in [-0.15, -0.1) is 0 Å². The van der Waals surface area contributed by atoms with Crippen molar-refractivity contribution >= 4 is 11.6 Å². The van der Waals surface area contributed by atoms with Gasteiger partial charge in [-0.2, -0.15) is 0 Å². The molecule has 1 atom stereocenters. The monoisotopic (exact) mass is 307 g/mol. The lowest BCUT2D eigenvalue weighted by Gasteiger charge is -2.25. The van der Waals surface area contributed by atoms with E-state index in [1.165, 1.54) is 19.3 Å². The molecule has 1 aliphatic rings. The predicted molar refractivity (Wildman–Crippen MR) is 87.1 cm³/mol. The zero-order valence-electron chi connectivity index (χ0n) is 12.7. The molecular weight excluding hydrogens is 282 g/mol. The summed E-state index contributed by atoms with van der Waals surface area (Å²) in [5, 5.41) is 34.6. The average molecular weight is 307 g/mol. The number of phenolic OH excluding ortho intramolecular Hbond substituents is 1. The van der Waals surface area contributed by atoms with Crippen molar-refractivity contribution in [2.45, 2.75) is 44.2 Å². The second kappa shape index (κ2) is 8.60. The Hall–Kier alpha value is -1.79. The molecule has 1 saturated carbocycles. The van der Waals surface area contributed by atoms with Gasteiger partial charge in [-0.25, -0.2) is 0 Å². The van der Waals surface area contributed by atoms with E-state index < -0.39 is 6.10 Å². The van der Waals surface area contributed by atoms with Crippen molar-refractivity contribution < 1.29 is 15.3 Å². The number of rotatable bonds is 5. The van der Waals surface area contributed by atoms with Crippen LogP contribution in [0.15, 0.2) is 29.3 Å². The van der Waals surface area contributed by atoms with Crippen molar-refractivity contribution in [1.29, 1.82) is 0 Å². The third kappa shape index (κ3) is 5.20. The van der Waals surface area contributed by atoms with Gasteiger partial charge in [0.15, 0.2) is 5.96 Å². The Kier molecular flexibility index (Phi) is 6.48. The molecule has 2 rings (SSSR count). The van der Waals surface area contributed by atoms with Crippen LogP contribution in [0, 0.1) is 0 Å². The zero-order chi connectivity index (χ0) is 15.8. The summed E-state index contributed by atoms with van der Waals surface area (Å²) in [6.07, 6.45) is 4.95. The van der Waals surface area contributed by atoms with Gasteiger partial charge in [-0.1, -0.05) is 31.4 Å². The third-order valence-electron chi connectivity index (χ3n) is 3.77. The largest absolute Gasteiger partial charge is 0.506 e. The van der Waals surface area contributed by atoms with E-state index in [-0.39, 0.29) is 18.9 Å². The Labute approximate surface area is 130 Å². The van der Waals surface area contributed by atoms with Crippen molar-refractivity contribution in [3.05, 3.63) is 24.3 Å². The van der Waals surface area contributed by atoms with Gasteiger partial charge in [0.05, 0.1) is 24.9 Å². The van der Waals surface area contributed by atoms with Gasteiger partial charge in [-0.3, -0.25) is 4.99 Å². The highest BCUT2D eigenvalue weighted by Gasteiger charge is 2.15. The summed E-state index contributed by atoms with van der Waals surface area (Å²) in [7, 11) is 0. The number of nitrogens with zero attached hydrogens (tertiary/aromatic N) is 1. The van der Waals surface area contributed by atoms with Gasteiger partial charge in [-0.05, 0) is 25.0 Å². The second-order valence-corrected chi connectivity index (χ2v) is 5.65. The highest BCUT2D eigenvalue weighted by molar-refractivity contribution is 5.95. The summed E-state index contributed by atoms with van der Waals surface area (Å²) in [4.78, 5) is 4.30. The molecule has 122 valence electrons. The molecule has 0 radical (unpaired) electrons. The van der Waals surface area contributed by atoms with Gasteiger partial charge < -0.3 is 26.0 Å². The number of guanidine groups is 1. The number of para-hydroxylation sites is 2. The number of benzene rings is 1. The van der Waals surface area contributed by atoms with E-state index in [4.69, 9.17) is 5.11 Å². The van der Waals surface area contributed by atoms with Gasteiger partial charge in [0, 0.05) is 6.04 Å². The molecule has 0 aliphatic heterocycles. The SMILES string of the molecule is OCC(O)CN=C(Nc1ccccc1O)NC1CCCCC1. The van der Waals surface area contributed by atoms with Crippen molar-refractivity contribution in [3.63, 3.8) is 0 Å². The molecule has 0 heterocycles. The van der Waals surface area contributed by atoms with Crippen molar-refractivity contribution in [3.8, 4) is 5.75 Å². The molecule has 22 heavy (non-hydrogen) atoms. The molecule has 5 N–H and O–H groups in total. The maximum Gasteiger partial charge on any atom is 0.196 e. The number of hydrogen-bond donors (Lipinski definition) is 5. The average Bonchev–Trinajstić information content (AvgIpc) is 2.55. The summed E-state index contributed by atoms with van der Waals surface area (Å²) >= 11 is 0. The lowest BCUT2D eigenvalue weighted by molar-refractivity contribution is 0.102. The van der Waals surface area contributed by atoms with Gasteiger partial charge in [0.25, 0.3) is 0 Å². The smallest absolute Gasteiger partial charge is 0.196 e. The number of hydrogen-bond acceptors (Lipinski definition) is 4. The van der Waals surface area contributed by atoms with E-state index in [0.717, 1.165) is 12.8 Å². The first kappa shape index (κ1) is 16.6. The molecule has 6 heteroatoms. The highest BCUT2D eigenvalue weighted by atomic mass is 16.3. The van der Waals surface area contributed by atoms with Crippen molar-refractivity contribution in [1.82, 2.24) is 5.32 Å². The molecule has 0 spiro atoms. The van der Waals surface area contributed by atoms with Crippen molar-refractivity contribution in [2.24, 2.45) is 4.99 Å². The molecular formula is C16H25N3O3. The summed E-state index contributed by atoms with van der Waals surface area (Å²) in [5.41, 5.74) is 0.558. The summed E-state index contributed by atoms with van der Waals surface area (Å²) in [5.74, 6) is 0.657. The van der Waals surface area contributed by atoms with E-state index in [2.05, 4.69) is 15.6 Å². The fourth-order valence-corrected chi connectivity index (χ4v) is 2.52. The number of aliphatic imine (C=N–C) groups is 1. The normalized spacial score (nSPS) is 18.0. The maximum atomic E-state index is 9.85. The molecule has 0 amide bonds. The number of nitrogens with one attached hydrogen (secondary N) is 2. The molecule has 0 saturated heterocycles. The Morgan fingerprint density at radius 3 is 2.64 bits per heavy atom. The van der Waals surface area contributed by atoms with Gasteiger partial charge >= 0.3 is 0 Å². The molecule has 1 fully saturated rings. The van der Waals surface area contributed by atoms with E-state index >= 15 is 0 Å².